The van der Waals surface area contributed by atoms with Gasteiger partial charge < -0.3 is 23.8 Å². The van der Waals surface area contributed by atoms with Gasteiger partial charge in [-0.25, -0.2) is 14.5 Å². The van der Waals surface area contributed by atoms with E-state index in [2.05, 4.69) is 4.90 Å². The molecule has 1 aromatic rings. The van der Waals surface area contributed by atoms with Gasteiger partial charge in [-0.1, -0.05) is 24.6 Å². The van der Waals surface area contributed by atoms with E-state index in [4.69, 9.17) is 18.9 Å². The number of hydrogen-bond acceptors (Lipinski definition) is 8. The normalized spacial score (nSPS) is 27.9. The van der Waals surface area contributed by atoms with E-state index in [9.17, 15) is 9.59 Å². The quantitative estimate of drug-likeness (QED) is 0.678. The Kier molecular flexibility index (Phi) is 5.45. The summed E-state index contributed by atoms with van der Waals surface area (Å²) < 4.78 is 23.9. The highest BCUT2D eigenvalue weighted by Gasteiger charge is 2.52. The Morgan fingerprint density at radius 3 is 2.35 bits per heavy atom. The molecule has 0 aromatic heterocycles. The summed E-state index contributed by atoms with van der Waals surface area (Å²) in [5.74, 6) is -3.20. The molecule has 3 fully saturated rings. The summed E-state index contributed by atoms with van der Waals surface area (Å²) in [5.41, 5.74) is 0.979. The standard InChI is InChI=1S/C23H28N2O6/c26-20-9-10-21(27)31-23(30-20)17-24(18-7-3-1-4-8-18)13-14-25(23)15-19-16-28-22(29-19)11-5-2-6-12-22/h1,3-4,7-10,19H,2,5-6,11-17H2/t19-/m0/s1. The number of para-hydroxylation sites is 1. The highest BCUT2D eigenvalue weighted by Crippen LogP contribution is 2.39. The zero-order chi connectivity index (χ0) is 21.3. The molecule has 3 aliphatic heterocycles. The second-order valence-electron chi connectivity index (χ2n) is 8.61. The van der Waals surface area contributed by atoms with E-state index >= 15 is 0 Å². The predicted octanol–water partition coefficient (Wildman–Crippen LogP) is 2.19. The van der Waals surface area contributed by atoms with Crippen molar-refractivity contribution < 1.29 is 28.5 Å². The third-order valence-electron chi connectivity index (χ3n) is 6.46. The maximum Gasteiger partial charge on any atom is 0.339 e. The monoisotopic (exact) mass is 428 g/mol. The first kappa shape index (κ1) is 20.5. The second-order valence-corrected chi connectivity index (χ2v) is 8.61. The average molecular weight is 428 g/mol. The third-order valence-corrected chi connectivity index (χ3v) is 6.46. The molecule has 5 rings (SSSR count). The van der Waals surface area contributed by atoms with E-state index in [-0.39, 0.29) is 12.6 Å². The molecular formula is C23H28N2O6. The fourth-order valence-corrected chi connectivity index (χ4v) is 4.96. The topological polar surface area (TPSA) is 77.5 Å². The number of carbonyl (C=O) groups excluding carboxylic acids is 2. The summed E-state index contributed by atoms with van der Waals surface area (Å²) in [7, 11) is 0. The lowest BCUT2D eigenvalue weighted by Gasteiger charge is -2.48. The Morgan fingerprint density at radius 1 is 0.935 bits per heavy atom. The van der Waals surface area contributed by atoms with Crippen molar-refractivity contribution in [2.75, 3.05) is 37.7 Å². The van der Waals surface area contributed by atoms with Crippen LogP contribution in [0.25, 0.3) is 0 Å². The first-order valence-electron chi connectivity index (χ1n) is 11.1. The molecule has 8 heteroatoms. The van der Waals surface area contributed by atoms with Gasteiger partial charge in [-0.05, 0) is 25.0 Å². The lowest BCUT2D eigenvalue weighted by Crippen LogP contribution is -2.67. The van der Waals surface area contributed by atoms with E-state index in [0.29, 0.717) is 26.2 Å². The van der Waals surface area contributed by atoms with Crippen LogP contribution in [0.15, 0.2) is 42.5 Å². The number of anilines is 1. The van der Waals surface area contributed by atoms with Gasteiger partial charge in [0.1, 0.15) is 6.54 Å². The highest BCUT2D eigenvalue weighted by atomic mass is 16.8. The summed E-state index contributed by atoms with van der Waals surface area (Å²) in [6, 6.07) is 9.83. The van der Waals surface area contributed by atoms with Gasteiger partial charge >= 0.3 is 17.8 Å². The van der Waals surface area contributed by atoms with Gasteiger partial charge in [-0.15, -0.1) is 0 Å². The number of nitrogens with zero attached hydrogens (tertiary/aromatic N) is 2. The van der Waals surface area contributed by atoms with E-state index in [1.54, 1.807) is 0 Å². The molecule has 0 N–H and O–H groups in total. The Morgan fingerprint density at radius 2 is 1.65 bits per heavy atom. The minimum absolute atomic E-state index is 0.174. The van der Waals surface area contributed by atoms with Crippen LogP contribution in [-0.2, 0) is 28.5 Å². The summed E-state index contributed by atoms with van der Waals surface area (Å²) in [5, 5.41) is 0. The Bertz CT molecular complexity index is 831. The predicted molar refractivity (Wildman–Crippen MR) is 111 cm³/mol. The summed E-state index contributed by atoms with van der Waals surface area (Å²) >= 11 is 0. The number of rotatable bonds is 3. The first-order valence-corrected chi connectivity index (χ1v) is 11.1. The van der Waals surface area contributed by atoms with Crippen LogP contribution in [0.5, 0.6) is 0 Å². The summed E-state index contributed by atoms with van der Waals surface area (Å²) in [6.45, 7) is 2.39. The van der Waals surface area contributed by atoms with Gasteiger partial charge in [0.2, 0.25) is 0 Å². The number of esters is 2. The van der Waals surface area contributed by atoms with Gasteiger partial charge in [0.15, 0.2) is 5.79 Å². The Balaban J connectivity index is 1.37. The van der Waals surface area contributed by atoms with Crippen molar-refractivity contribution in [1.82, 2.24) is 4.90 Å². The SMILES string of the molecule is O=C1C=CC(=O)OC2(CN(c3ccccc3)CCN2C[C@H]2COC3(CCCCC3)O2)O1. The molecule has 31 heavy (non-hydrogen) atoms. The van der Waals surface area contributed by atoms with Crippen LogP contribution in [0.1, 0.15) is 32.1 Å². The number of ether oxygens (including phenoxy) is 4. The van der Waals surface area contributed by atoms with E-state index < -0.39 is 23.6 Å². The molecule has 0 amide bonds. The highest BCUT2D eigenvalue weighted by molar-refractivity contribution is 5.93. The molecule has 166 valence electrons. The lowest BCUT2D eigenvalue weighted by molar-refractivity contribution is -0.287. The minimum Gasteiger partial charge on any atom is -0.403 e. The van der Waals surface area contributed by atoms with Crippen LogP contribution in [-0.4, -0.2) is 67.4 Å². The maximum atomic E-state index is 12.3. The molecule has 0 bridgehead atoms. The van der Waals surface area contributed by atoms with Crippen molar-refractivity contribution in [2.45, 2.75) is 49.9 Å². The molecule has 1 aromatic carbocycles. The van der Waals surface area contributed by atoms with Crippen LogP contribution in [0.2, 0.25) is 0 Å². The number of carbonyl (C=O) groups is 2. The Labute approximate surface area is 181 Å². The first-order chi connectivity index (χ1) is 15.1. The van der Waals surface area contributed by atoms with Crippen LogP contribution in [0, 0.1) is 0 Å². The summed E-state index contributed by atoms with van der Waals surface area (Å²) in [6.07, 6.45) is 7.29. The second kappa shape index (κ2) is 8.26. The van der Waals surface area contributed by atoms with Crippen LogP contribution >= 0.6 is 0 Å². The van der Waals surface area contributed by atoms with Crippen molar-refractivity contribution in [1.29, 1.82) is 0 Å². The van der Waals surface area contributed by atoms with Crippen LogP contribution in [0.3, 0.4) is 0 Å². The molecule has 4 aliphatic rings. The van der Waals surface area contributed by atoms with Crippen molar-refractivity contribution in [3.8, 4) is 0 Å². The zero-order valence-corrected chi connectivity index (χ0v) is 17.5. The largest absolute Gasteiger partial charge is 0.403 e. The lowest BCUT2D eigenvalue weighted by atomic mass is 9.94. The van der Waals surface area contributed by atoms with Gasteiger partial charge in [0.25, 0.3) is 0 Å². The Hall–Kier alpha value is -2.42. The van der Waals surface area contributed by atoms with Crippen LogP contribution in [0.4, 0.5) is 5.69 Å². The van der Waals surface area contributed by atoms with Crippen LogP contribution < -0.4 is 4.90 Å². The molecule has 8 nitrogen and oxygen atoms in total. The van der Waals surface area contributed by atoms with Gasteiger partial charge in [0.05, 0.1) is 12.7 Å². The molecule has 3 heterocycles. The molecule has 1 atom stereocenters. The summed E-state index contributed by atoms with van der Waals surface area (Å²) in [4.78, 5) is 28.6. The number of piperazine rings is 1. The van der Waals surface area contributed by atoms with Crippen molar-refractivity contribution in [3.05, 3.63) is 42.5 Å². The van der Waals surface area contributed by atoms with Gasteiger partial charge in [-0.2, -0.15) is 0 Å². The van der Waals surface area contributed by atoms with Gasteiger partial charge in [-0.3, -0.25) is 0 Å². The number of benzene rings is 1. The van der Waals surface area contributed by atoms with E-state index in [0.717, 1.165) is 43.5 Å². The average Bonchev–Trinajstić information content (AvgIpc) is 3.09. The molecule has 2 saturated heterocycles. The number of hydrogen-bond donors (Lipinski definition) is 0. The molecule has 1 saturated carbocycles. The van der Waals surface area contributed by atoms with Crippen molar-refractivity contribution in [2.24, 2.45) is 0 Å². The maximum absolute atomic E-state index is 12.3. The molecule has 1 aliphatic carbocycles. The fourth-order valence-electron chi connectivity index (χ4n) is 4.96. The third kappa shape index (κ3) is 4.20. The minimum atomic E-state index is -1.52. The molecule has 0 unspecified atom stereocenters. The zero-order valence-electron chi connectivity index (χ0n) is 17.5. The van der Waals surface area contributed by atoms with E-state index in [1.165, 1.54) is 6.42 Å². The smallest absolute Gasteiger partial charge is 0.339 e. The van der Waals surface area contributed by atoms with Gasteiger partial charge in [0, 0.05) is 50.3 Å². The van der Waals surface area contributed by atoms with Crippen molar-refractivity contribution >= 4 is 17.6 Å². The molecule has 0 radical (unpaired) electrons. The van der Waals surface area contributed by atoms with Crippen molar-refractivity contribution in [3.63, 3.8) is 0 Å². The molecular weight excluding hydrogens is 400 g/mol. The fraction of sp³-hybridized carbons (Fsp3) is 0.565. The molecule has 2 spiro atoms. The van der Waals surface area contributed by atoms with E-state index in [1.807, 2.05) is 35.2 Å².